The lowest BCUT2D eigenvalue weighted by atomic mass is 9.92. The monoisotopic (exact) mass is 271 g/mol. The molecule has 1 heterocycles. The maximum atomic E-state index is 13.3. The van der Waals surface area contributed by atoms with Gasteiger partial charge < -0.3 is 10.5 Å². The molecule has 1 aliphatic rings. The summed E-state index contributed by atoms with van der Waals surface area (Å²) in [7, 11) is 0. The molecule has 3 rings (SSSR count). The van der Waals surface area contributed by atoms with Crippen molar-refractivity contribution in [3.8, 4) is 5.75 Å². The number of rotatable bonds is 1. The summed E-state index contributed by atoms with van der Waals surface area (Å²) < 4.78 is 19.3. The van der Waals surface area contributed by atoms with Crippen LogP contribution in [-0.4, -0.2) is 0 Å². The lowest BCUT2D eigenvalue weighted by Crippen LogP contribution is -2.24. The van der Waals surface area contributed by atoms with Gasteiger partial charge in [-0.1, -0.05) is 29.3 Å². The molecule has 2 N–H and O–H groups in total. The number of hydrogen-bond donors (Lipinski definition) is 1. The Kier molecular flexibility index (Phi) is 3.22. The van der Waals surface area contributed by atoms with Crippen molar-refractivity contribution in [1.82, 2.24) is 0 Å². The largest absolute Gasteiger partial charge is 0.485 e. The SMILES string of the molecule is Cc1cc(C)cc(C2C[C@@H](N)c3cc(F)ccc3O2)c1. The van der Waals surface area contributed by atoms with Gasteiger partial charge in [-0.2, -0.15) is 0 Å². The molecule has 0 fully saturated rings. The summed E-state index contributed by atoms with van der Waals surface area (Å²) in [5.41, 5.74) is 10.5. The lowest BCUT2D eigenvalue weighted by molar-refractivity contribution is 0.161. The second-order valence-corrected chi connectivity index (χ2v) is 5.55. The molecule has 0 saturated heterocycles. The minimum absolute atomic E-state index is 0.0680. The second-order valence-electron chi connectivity index (χ2n) is 5.55. The molecule has 20 heavy (non-hydrogen) atoms. The Hall–Kier alpha value is -1.87. The number of ether oxygens (including phenoxy) is 1. The van der Waals surface area contributed by atoms with Crippen molar-refractivity contribution in [2.45, 2.75) is 32.4 Å². The summed E-state index contributed by atoms with van der Waals surface area (Å²) in [5.74, 6) is 0.418. The van der Waals surface area contributed by atoms with Crippen LogP contribution in [0.3, 0.4) is 0 Å². The van der Waals surface area contributed by atoms with Crippen LogP contribution < -0.4 is 10.5 Å². The molecular weight excluding hydrogens is 253 g/mol. The van der Waals surface area contributed by atoms with Gasteiger partial charge in [-0.15, -0.1) is 0 Å². The number of nitrogens with two attached hydrogens (primary N) is 1. The van der Waals surface area contributed by atoms with Crippen molar-refractivity contribution in [2.24, 2.45) is 5.73 Å². The van der Waals surface area contributed by atoms with Crippen molar-refractivity contribution in [1.29, 1.82) is 0 Å². The number of hydrogen-bond acceptors (Lipinski definition) is 2. The van der Waals surface area contributed by atoms with E-state index in [1.165, 1.54) is 23.3 Å². The highest BCUT2D eigenvalue weighted by Crippen LogP contribution is 2.40. The van der Waals surface area contributed by atoms with Gasteiger partial charge in [0.1, 0.15) is 17.7 Å². The van der Waals surface area contributed by atoms with Crippen molar-refractivity contribution in [3.05, 3.63) is 64.5 Å². The Morgan fingerprint density at radius 2 is 1.80 bits per heavy atom. The number of aryl methyl sites for hydroxylation is 2. The number of benzene rings is 2. The minimum atomic E-state index is -0.271. The average Bonchev–Trinajstić information content (AvgIpc) is 2.38. The molecule has 2 aromatic carbocycles. The fourth-order valence-electron chi connectivity index (χ4n) is 2.88. The Labute approximate surface area is 118 Å². The first kappa shape index (κ1) is 13.1. The van der Waals surface area contributed by atoms with E-state index in [4.69, 9.17) is 10.5 Å². The summed E-state index contributed by atoms with van der Waals surface area (Å²) in [5, 5.41) is 0. The molecule has 2 atom stereocenters. The summed E-state index contributed by atoms with van der Waals surface area (Å²) in [6.07, 6.45) is 0.598. The smallest absolute Gasteiger partial charge is 0.126 e. The molecule has 2 aromatic rings. The van der Waals surface area contributed by atoms with Gasteiger partial charge in [0.2, 0.25) is 0 Å². The molecule has 0 saturated carbocycles. The van der Waals surface area contributed by atoms with E-state index >= 15 is 0 Å². The fraction of sp³-hybridized carbons (Fsp3) is 0.294. The Morgan fingerprint density at radius 3 is 2.50 bits per heavy atom. The van der Waals surface area contributed by atoms with Gasteiger partial charge in [0.25, 0.3) is 0 Å². The van der Waals surface area contributed by atoms with Crippen LogP contribution in [0, 0.1) is 19.7 Å². The van der Waals surface area contributed by atoms with Crippen LogP contribution in [0.5, 0.6) is 5.75 Å². The molecule has 0 radical (unpaired) electrons. The van der Waals surface area contributed by atoms with E-state index in [-0.39, 0.29) is 18.0 Å². The van der Waals surface area contributed by atoms with Crippen molar-refractivity contribution >= 4 is 0 Å². The maximum Gasteiger partial charge on any atom is 0.126 e. The van der Waals surface area contributed by atoms with Crippen molar-refractivity contribution in [3.63, 3.8) is 0 Å². The lowest BCUT2D eigenvalue weighted by Gasteiger charge is -2.31. The third-order valence-corrected chi connectivity index (χ3v) is 3.72. The number of halogens is 1. The van der Waals surface area contributed by atoms with E-state index in [1.807, 2.05) is 0 Å². The van der Waals surface area contributed by atoms with Crippen LogP contribution in [-0.2, 0) is 0 Å². The predicted octanol–water partition coefficient (Wildman–Crippen LogP) is 3.97. The Balaban J connectivity index is 1.96. The average molecular weight is 271 g/mol. The van der Waals surface area contributed by atoms with Gasteiger partial charge in [-0.3, -0.25) is 0 Å². The first-order valence-electron chi connectivity index (χ1n) is 6.83. The van der Waals surface area contributed by atoms with Gasteiger partial charge >= 0.3 is 0 Å². The molecule has 2 nitrogen and oxygen atoms in total. The standard InChI is InChI=1S/C17H18FNO/c1-10-5-11(2)7-12(6-10)17-9-15(19)14-8-13(18)3-4-16(14)20-17/h3-8,15,17H,9,19H2,1-2H3/t15-,17?/m1/s1. The third kappa shape index (κ3) is 2.41. The maximum absolute atomic E-state index is 13.3. The molecule has 0 bridgehead atoms. The molecule has 1 unspecified atom stereocenters. The van der Waals surface area contributed by atoms with E-state index in [0.717, 1.165) is 11.1 Å². The van der Waals surface area contributed by atoms with Gasteiger partial charge in [-0.25, -0.2) is 4.39 Å². The van der Waals surface area contributed by atoms with E-state index in [0.29, 0.717) is 12.2 Å². The summed E-state index contributed by atoms with van der Waals surface area (Å²) in [6, 6.07) is 10.7. The first-order chi connectivity index (χ1) is 9.52. The van der Waals surface area contributed by atoms with Gasteiger partial charge in [-0.05, 0) is 37.6 Å². The van der Waals surface area contributed by atoms with Crippen LogP contribution in [0.15, 0.2) is 36.4 Å². The summed E-state index contributed by atoms with van der Waals surface area (Å²) >= 11 is 0. The highest BCUT2D eigenvalue weighted by atomic mass is 19.1. The summed E-state index contributed by atoms with van der Waals surface area (Å²) in [6.45, 7) is 4.14. The predicted molar refractivity (Wildman–Crippen MR) is 77.2 cm³/mol. The normalized spacial score (nSPS) is 21.2. The van der Waals surface area contributed by atoms with E-state index in [2.05, 4.69) is 32.0 Å². The van der Waals surface area contributed by atoms with E-state index in [9.17, 15) is 4.39 Å². The Morgan fingerprint density at radius 1 is 1.10 bits per heavy atom. The van der Waals surface area contributed by atoms with Crippen molar-refractivity contribution < 1.29 is 9.13 Å². The zero-order valence-electron chi connectivity index (χ0n) is 11.7. The molecule has 0 amide bonds. The summed E-state index contributed by atoms with van der Waals surface area (Å²) in [4.78, 5) is 0. The molecule has 0 aromatic heterocycles. The molecular formula is C17H18FNO. The van der Waals surface area contributed by atoms with Crippen LogP contribution >= 0.6 is 0 Å². The molecule has 0 spiro atoms. The second kappa shape index (κ2) is 4.91. The minimum Gasteiger partial charge on any atom is -0.485 e. The van der Waals surface area contributed by atoms with Crippen LogP contribution in [0.2, 0.25) is 0 Å². The highest BCUT2D eigenvalue weighted by molar-refractivity contribution is 5.40. The Bertz CT molecular complexity index is 633. The zero-order chi connectivity index (χ0) is 14.3. The van der Waals surface area contributed by atoms with Crippen molar-refractivity contribution in [2.75, 3.05) is 0 Å². The fourth-order valence-corrected chi connectivity index (χ4v) is 2.88. The van der Waals surface area contributed by atoms with Crippen LogP contribution in [0.4, 0.5) is 4.39 Å². The van der Waals surface area contributed by atoms with Gasteiger partial charge in [0.05, 0.1) is 0 Å². The van der Waals surface area contributed by atoms with Crippen LogP contribution in [0.1, 0.15) is 40.8 Å². The molecule has 1 aliphatic heterocycles. The number of fused-ring (bicyclic) bond motifs is 1. The topological polar surface area (TPSA) is 35.2 Å². The molecule has 3 heteroatoms. The van der Waals surface area contributed by atoms with E-state index in [1.54, 1.807) is 6.07 Å². The van der Waals surface area contributed by atoms with E-state index < -0.39 is 0 Å². The third-order valence-electron chi connectivity index (χ3n) is 3.72. The van der Waals surface area contributed by atoms with Gasteiger partial charge in [0, 0.05) is 18.0 Å². The highest BCUT2D eigenvalue weighted by Gasteiger charge is 2.27. The molecule has 0 aliphatic carbocycles. The molecule has 104 valence electrons. The quantitative estimate of drug-likeness (QED) is 0.852. The first-order valence-corrected chi connectivity index (χ1v) is 6.83. The van der Waals surface area contributed by atoms with Crippen LogP contribution in [0.25, 0.3) is 0 Å². The zero-order valence-corrected chi connectivity index (χ0v) is 11.7. The van der Waals surface area contributed by atoms with Gasteiger partial charge in [0.15, 0.2) is 0 Å².